The van der Waals surface area contributed by atoms with Crippen LogP contribution in [0.3, 0.4) is 0 Å². The van der Waals surface area contributed by atoms with Gasteiger partial charge in [0.05, 0.1) is 0 Å². The van der Waals surface area contributed by atoms with Crippen LogP contribution in [0.15, 0.2) is 6.07 Å². The molecule has 0 heterocycles. The Bertz CT molecular complexity index is 442. The van der Waals surface area contributed by atoms with Crippen LogP contribution in [0.5, 0.6) is 0 Å². The molecular formula is C8HF6N. The highest BCUT2D eigenvalue weighted by Gasteiger charge is 2.40. The van der Waals surface area contributed by atoms with Gasteiger partial charge in [0.1, 0.15) is 23.0 Å². The van der Waals surface area contributed by atoms with Crippen molar-refractivity contribution < 1.29 is 26.3 Å². The molecule has 0 amide bonds. The summed E-state index contributed by atoms with van der Waals surface area (Å²) >= 11 is 0. The van der Waals surface area contributed by atoms with Crippen LogP contribution >= 0.6 is 0 Å². The SMILES string of the molecule is N#Cc1c(F)cc(F)c(F)c1C(F)(F)F. The van der Waals surface area contributed by atoms with Gasteiger partial charge in [-0.1, -0.05) is 0 Å². The van der Waals surface area contributed by atoms with Gasteiger partial charge in [-0.2, -0.15) is 18.4 Å². The second-order valence-electron chi connectivity index (χ2n) is 2.51. The zero-order valence-corrected chi connectivity index (χ0v) is 6.79. The maximum atomic E-state index is 12.7. The number of alkyl halides is 3. The third-order valence-corrected chi connectivity index (χ3v) is 1.57. The third kappa shape index (κ3) is 1.88. The number of rotatable bonds is 0. The average Bonchev–Trinajstić information content (AvgIpc) is 2.08. The van der Waals surface area contributed by atoms with Crippen LogP contribution in [-0.4, -0.2) is 0 Å². The Kier molecular flexibility index (Phi) is 2.62. The number of hydrogen-bond donors (Lipinski definition) is 0. The second-order valence-corrected chi connectivity index (χ2v) is 2.51. The first-order valence-electron chi connectivity index (χ1n) is 3.43. The lowest BCUT2D eigenvalue weighted by atomic mass is 10.1. The van der Waals surface area contributed by atoms with Crippen LogP contribution in [0.1, 0.15) is 11.1 Å². The van der Waals surface area contributed by atoms with E-state index in [0.29, 0.717) is 0 Å². The van der Waals surface area contributed by atoms with Crippen molar-refractivity contribution in [2.45, 2.75) is 6.18 Å². The summed E-state index contributed by atoms with van der Waals surface area (Å²) in [5.74, 6) is -6.01. The molecule has 0 aliphatic rings. The van der Waals surface area contributed by atoms with Gasteiger partial charge in [-0.15, -0.1) is 0 Å². The van der Waals surface area contributed by atoms with E-state index in [1.807, 2.05) is 0 Å². The van der Waals surface area contributed by atoms with Gasteiger partial charge in [-0.05, 0) is 0 Å². The van der Waals surface area contributed by atoms with Crippen molar-refractivity contribution in [3.63, 3.8) is 0 Å². The number of hydrogen-bond acceptors (Lipinski definition) is 1. The summed E-state index contributed by atoms with van der Waals surface area (Å²) in [4.78, 5) is 0. The number of benzene rings is 1. The molecular weight excluding hydrogens is 224 g/mol. The Hall–Kier alpha value is -1.71. The summed E-state index contributed by atoms with van der Waals surface area (Å²) in [6, 6.07) is 0.729. The average molecular weight is 225 g/mol. The maximum Gasteiger partial charge on any atom is 0.420 e. The van der Waals surface area contributed by atoms with E-state index in [-0.39, 0.29) is 6.07 Å². The van der Waals surface area contributed by atoms with Crippen LogP contribution in [0.25, 0.3) is 0 Å². The molecule has 0 radical (unpaired) electrons. The molecule has 1 aromatic rings. The lowest BCUT2D eigenvalue weighted by Crippen LogP contribution is -2.14. The molecule has 0 aliphatic carbocycles. The standard InChI is InChI=1S/C8HF6N/c9-4-1-5(10)7(11)6(3(4)2-15)8(12,13)14/h1H. The van der Waals surface area contributed by atoms with Crippen LogP contribution in [0.4, 0.5) is 26.3 Å². The van der Waals surface area contributed by atoms with E-state index < -0.39 is 34.8 Å². The number of nitriles is 1. The molecule has 0 saturated heterocycles. The summed E-state index contributed by atoms with van der Waals surface area (Å²) < 4.78 is 74.3. The van der Waals surface area contributed by atoms with Crippen molar-refractivity contribution in [1.82, 2.24) is 0 Å². The highest BCUT2D eigenvalue weighted by atomic mass is 19.4. The van der Waals surface area contributed by atoms with Crippen molar-refractivity contribution in [2.24, 2.45) is 0 Å². The van der Waals surface area contributed by atoms with Crippen LogP contribution < -0.4 is 0 Å². The van der Waals surface area contributed by atoms with Crippen LogP contribution in [0.2, 0.25) is 0 Å². The molecule has 0 fully saturated rings. The van der Waals surface area contributed by atoms with Gasteiger partial charge in [0.25, 0.3) is 0 Å². The lowest BCUT2D eigenvalue weighted by molar-refractivity contribution is -0.140. The molecule has 0 aliphatic heterocycles. The largest absolute Gasteiger partial charge is 0.420 e. The zero-order valence-electron chi connectivity index (χ0n) is 6.79. The van der Waals surface area contributed by atoms with E-state index in [2.05, 4.69) is 0 Å². The monoisotopic (exact) mass is 225 g/mol. The van der Waals surface area contributed by atoms with Gasteiger partial charge in [-0.25, -0.2) is 13.2 Å². The predicted molar refractivity (Wildman–Crippen MR) is 36.0 cm³/mol. The predicted octanol–water partition coefficient (Wildman–Crippen LogP) is 2.99. The zero-order chi connectivity index (χ0) is 11.8. The molecule has 7 heteroatoms. The molecule has 80 valence electrons. The number of halogens is 6. The summed E-state index contributed by atoms with van der Waals surface area (Å²) in [6.07, 6.45) is -5.32. The Balaban J connectivity index is 3.68. The highest BCUT2D eigenvalue weighted by molar-refractivity contribution is 5.42. The van der Waals surface area contributed by atoms with Gasteiger partial charge in [-0.3, -0.25) is 0 Å². The van der Waals surface area contributed by atoms with Gasteiger partial charge in [0.2, 0.25) is 0 Å². The smallest absolute Gasteiger partial charge is 0.205 e. The van der Waals surface area contributed by atoms with Crippen molar-refractivity contribution in [3.05, 3.63) is 34.6 Å². The van der Waals surface area contributed by atoms with Crippen molar-refractivity contribution in [3.8, 4) is 6.07 Å². The van der Waals surface area contributed by atoms with Crippen molar-refractivity contribution in [2.75, 3.05) is 0 Å². The Labute approximate surface area is 79.5 Å². The third-order valence-electron chi connectivity index (χ3n) is 1.57. The van der Waals surface area contributed by atoms with E-state index >= 15 is 0 Å². The normalized spacial score (nSPS) is 11.3. The first-order chi connectivity index (χ1) is 6.79. The summed E-state index contributed by atoms with van der Waals surface area (Å²) in [5, 5.41) is 8.20. The first-order valence-corrected chi connectivity index (χ1v) is 3.43. The fourth-order valence-corrected chi connectivity index (χ4v) is 0.971. The van der Waals surface area contributed by atoms with Crippen molar-refractivity contribution in [1.29, 1.82) is 5.26 Å². The lowest BCUT2D eigenvalue weighted by Gasteiger charge is -2.10. The molecule has 1 nitrogen and oxygen atoms in total. The van der Waals surface area contributed by atoms with Crippen LogP contribution in [0, 0.1) is 28.8 Å². The molecule has 0 aromatic heterocycles. The van der Waals surface area contributed by atoms with E-state index in [4.69, 9.17) is 5.26 Å². The van der Waals surface area contributed by atoms with Gasteiger partial charge >= 0.3 is 6.18 Å². The minimum atomic E-state index is -5.32. The molecule has 15 heavy (non-hydrogen) atoms. The highest BCUT2D eigenvalue weighted by Crippen LogP contribution is 2.35. The molecule has 0 bridgehead atoms. The number of nitrogens with zero attached hydrogens (tertiary/aromatic N) is 1. The quantitative estimate of drug-likeness (QED) is 0.491. The topological polar surface area (TPSA) is 23.8 Å². The van der Waals surface area contributed by atoms with E-state index in [1.165, 1.54) is 0 Å². The fraction of sp³-hybridized carbons (Fsp3) is 0.125. The maximum absolute atomic E-state index is 12.7. The van der Waals surface area contributed by atoms with E-state index in [9.17, 15) is 26.3 Å². The Morgan fingerprint density at radius 3 is 2.00 bits per heavy atom. The van der Waals surface area contributed by atoms with Gasteiger partial charge < -0.3 is 0 Å². The Morgan fingerprint density at radius 2 is 1.60 bits per heavy atom. The molecule has 0 unspecified atom stereocenters. The van der Waals surface area contributed by atoms with Gasteiger partial charge in [0, 0.05) is 6.07 Å². The van der Waals surface area contributed by atoms with E-state index in [0.717, 1.165) is 6.07 Å². The first kappa shape index (κ1) is 11.4. The van der Waals surface area contributed by atoms with Crippen molar-refractivity contribution >= 4 is 0 Å². The summed E-state index contributed by atoms with van der Waals surface area (Å²) in [5.41, 5.74) is -3.77. The summed E-state index contributed by atoms with van der Waals surface area (Å²) in [6.45, 7) is 0. The Morgan fingerprint density at radius 1 is 1.07 bits per heavy atom. The summed E-state index contributed by atoms with van der Waals surface area (Å²) in [7, 11) is 0. The van der Waals surface area contributed by atoms with Crippen LogP contribution in [-0.2, 0) is 6.18 Å². The molecule has 1 aromatic carbocycles. The minimum absolute atomic E-state index is 0.108. The minimum Gasteiger partial charge on any atom is -0.205 e. The molecule has 1 rings (SSSR count). The molecule has 0 N–H and O–H groups in total. The second kappa shape index (κ2) is 3.46. The molecule has 0 spiro atoms. The molecule has 0 saturated carbocycles. The van der Waals surface area contributed by atoms with E-state index in [1.54, 1.807) is 0 Å². The molecule has 0 atom stereocenters. The van der Waals surface area contributed by atoms with Gasteiger partial charge in [0.15, 0.2) is 11.6 Å². The fourth-order valence-electron chi connectivity index (χ4n) is 0.971.